The summed E-state index contributed by atoms with van der Waals surface area (Å²) in [5.74, 6) is 0. The van der Waals surface area contributed by atoms with Crippen molar-refractivity contribution in [1.82, 2.24) is 9.88 Å². The third-order valence-electron chi connectivity index (χ3n) is 3.44. The molecule has 0 saturated carbocycles. The molecule has 0 spiro atoms. The molecular formula is C16H23BrN2O4. The maximum atomic E-state index is 12.4. The van der Waals surface area contributed by atoms with Crippen molar-refractivity contribution in [1.29, 1.82) is 0 Å². The van der Waals surface area contributed by atoms with E-state index in [-0.39, 0.29) is 0 Å². The standard InChI is InChI=1S/C16H23BrN2O4/c1-16(2,3)23-15(21)19-4-5-22-10-13(19)14(20)7-11-6-12(17)9-18-8-11/h6,8-9,13-14,20H,4-5,7,10H2,1-3H3. The molecule has 2 heterocycles. The van der Waals surface area contributed by atoms with E-state index in [2.05, 4.69) is 20.9 Å². The fourth-order valence-corrected chi connectivity index (χ4v) is 2.85. The molecule has 128 valence electrons. The molecule has 1 amide bonds. The number of hydrogen-bond donors (Lipinski definition) is 1. The number of hydrogen-bond acceptors (Lipinski definition) is 5. The van der Waals surface area contributed by atoms with Crippen molar-refractivity contribution in [2.24, 2.45) is 0 Å². The van der Waals surface area contributed by atoms with Crippen molar-refractivity contribution in [2.75, 3.05) is 19.8 Å². The molecule has 0 aromatic carbocycles. The number of pyridine rings is 1. The second-order valence-electron chi connectivity index (χ2n) is 6.60. The lowest BCUT2D eigenvalue weighted by Crippen LogP contribution is -2.55. The lowest BCUT2D eigenvalue weighted by molar-refractivity contribution is -0.0660. The minimum absolute atomic E-state index is 0.293. The van der Waals surface area contributed by atoms with Gasteiger partial charge in [-0.15, -0.1) is 0 Å². The zero-order valence-corrected chi connectivity index (χ0v) is 15.2. The molecule has 23 heavy (non-hydrogen) atoms. The van der Waals surface area contributed by atoms with Gasteiger partial charge in [0.1, 0.15) is 5.60 Å². The summed E-state index contributed by atoms with van der Waals surface area (Å²) in [5.41, 5.74) is 0.320. The summed E-state index contributed by atoms with van der Waals surface area (Å²) in [6, 6.07) is 1.47. The Labute approximate surface area is 144 Å². The average Bonchev–Trinajstić information content (AvgIpc) is 2.45. The van der Waals surface area contributed by atoms with Crippen molar-refractivity contribution in [3.05, 3.63) is 28.5 Å². The van der Waals surface area contributed by atoms with Gasteiger partial charge in [-0.25, -0.2) is 4.79 Å². The summed E-state index contributed by atoms with van der Waals surface area (Å²) < 4.78 is 11.7. The molecule has 7 heteroatoms. The fraction of sp³-hybridized carbons (Fsp3) is 0.625. The second-order valence-corrected chi connectivity index (χ2v) is 7.51. The maximum absolute atomic E-state index is 12.4. The van der Waals surface area contributed by atoms with E-state index < -0.39 is 23.8 Å². The monoisotopic (exact) mass is 386 g/mol. The highest BCUT2D eigenvalue weighted by Crippen LogP contribution is 2.19. The number of aliphatic hydroxyl groups is 1. The van der Waals surface area contributed by atoms with Crippen LogP contribution in [0.2, 0.25) is 0 Å². The van der Waals surface area contributed by atoms with Gasteiger partial charge in [-0.05, 0) is 48.3 Å². The van der Waals surface area contributed by atoms with Crippen molar-refractivity contribution in [2.45, 2.75) is 44.9 Å². The van der Waals surface area contributed by atoms with Crippen molar-refractivity contribution in [3.8, 4) is 0 Å². The van der Waals surface area contributed by atoms with Gasteiger partial charge >= 0.3 is 6.09 Å². The number of carbonyl (C=O) groups is 1. The molecule has 0 radical (unpaired) electrons. The van der Waals surface area contributed by atoms with Gasteiger partial charge in [0.15, 0.2) is 0 Å². The van der Waals surface area contributed by atoms with Gasteiger partial charge in [-0.3, -0.25) is 9.88 Å². The van der Waals surface area contributed by atoms with Crippen LogP contribution in [0.15, 0.2) is 22.9 Å². The Morgan fingerprint density at radius 3 is 2.96 bits per heavy atom. The predicted octanol–water partition coefficient (Wildman–Crippen LogP) is 2.38. The van der Waals surface area contributed by atoms with Gasteiger partial charge < -0.3 is 14.6 Å². The molecule has 0 bridgehead atoms. The fourth-order valence-electron chi connectivity index (χ4n) is 2.43. The smallest absolute Gasteiger partial charge is 0.410 e. The highest BCUT2D eigenvalue weighted by atomic mass is 79.9. The van der Waals surface area contributed by atoms with Crippen LogP contribution < -0.4 is 0 Å². The first-order valence-electron chi connectivity index (χ1n) is 7.61. The summed E-state index contributed by atoms with van der Waals surface area (Å²) in [4.78, 5) is 18.0. The van der Waals surface area contributed by atoms with Crippen LogP contribution in [-0.4, -0.2) is 58.6 Å². The van der Waals surface area contributed by atoms with E-state index >= 15 is 0 Å². The molecule has 1 aromatic heterocycles. The first kappa shape index (κ1) is 18.2. The summed E-state index contributed by atoms with van der Waals surface area (Å²) in [7, 11) is 0. The Morgan fingerprint density at radius 1 is 1.57 bits per heavy atom. The molecule has 2 unspecified atom stereocenters. The van der Waals surface area contributed by atoms with Gasteiger partial charge in [0, 0.05) is 29.8 Å². The SMILES string of the molecule is CC(C)(C)OC(=O)N1CCOCC1C(O)Cc1cncc(Br)c1. The number of aliphatic hydroxyl groups excluding tert-OH is 1. The number of amides is 1. The predicted molar refractivity (Wildman–Crippen MR) is 89.2 cm³/mol. The molecule has 2 atom stereocenters. The van der Waals surface area contributed by atoms with Gasteiger partial charge in [0.25, 0.3) is 0 Å². The summed E-state index contributed by atoms with van der Waals surface area (Å²) in [6.45, 7) is 6.62. The molecule has 1 aliphatic heterocycles. The van der Waals surface area contributed by atoms with E-state index in [0.29, 0.717) is 26.2 Å². The normalized spacial score (nSPS) is 20.2. The van der Waals surface area contributed by atoms with Gasteiger partial charge in [-0.2, -0.15) is 0 Å². The van der Waals surface area contributed by atoms with E-state index in [1.807, 2.05) is 26.8 Å². The third-order valence-corrected chi connectivity index (χ3v) is 3.88. The van der Waals surface area contributed by atoms with Crippen molar-refractivity contribution in [3.63, 3.8) is 0 Å². The quantitative estimate of drug-likeness (QED) is 0.863. The molecule has 1 saturated heterocycles. The van der Waals surface area contributed by atoms with Crippen LogP contribution in [-0.2, 0) is 15.9 Å². The summed E-state index contributed by atoms with van der Waals surface area (Å²) in [6.07, 6.45) is 2.61. The lowest BCUT2D eigenvalue weighted by atomic mass is 10.0. The zero-order valence-electron chi connectivity index (χ0n) is 13.7. The summed E-state index contributed by atoms with van der Waals surface area (Å²) in [5, 5.41) is 10.6. The van der Waals surface area contributed by atoms with Crippen LogP contribution in [0, 0.1) is 0 Å². The third kappa shape index (κ3) is 5.44. The largest absolute Gasteiger partial charge is 0.444 e. The summed E-state index contributed by atoms with van der Waals surface area (Å²) >= 11 is 3.36. The Hall–Kier alpha value is -1.18. The van der Waals surface area contributed by atoms with Gasteiger partial charge in [-0.1, -0.05) is 0 Å². The van der Waals surface area contributed by atoms with Crippen LogP contribution in [0.4, 0.5) is 4.79 Å². The Morgan fingerprint density at radius 2 is 2.30 bits per heavy atom. The molecule has 2 rings (SSSR count). The second kappa shape index (κ2) is 7.59. The molecule has 0 aliphatic carbocycles. The minimum atomic E-state index is -0.751. The molecule has 6 nitrogen and oxygen atoms in total. The van der Waals surface area contributed by atoms with E-state index in [9.17, 15) is 9.90 Å². The number of aromatic nitrogens is 1. The Bertz CT molecular complexity index is 547. The van der Waals surface area contributed by atoms with Crippen LogP contribution in [0.25, 0.3) is 0 Å². The highest BCUT2D eigenvalue weighted by molar-refractivity contribution is 9.10. The topological polar surface area (TPSA) is 71.9 Å². The molecule has 1 aromatic rings. The van der Waals surface area contributed by atoms with Gasteiger partial charge in [0.2, 0.25) is 0 Å². The first-order valence-corrected chi connectivity index (χ1v) is 8.40. The number of halogens is 1. The minimum Gasteiger partial charge on any atom is -0.444 e. The van der Waals surface area contributed by atoms with Crippen LogP contribution in [0.5, 0.6) is 0 Å². The number of rotatable bonds is 3. The maximum Gasteiger partial charge on any atom is 0.410 e. The molecule has 1 fully saturated rings. The Kier molecular flexibility index (Phi) is 6.00. The first-order chi connectivity index (χ1) is 10.8. The molecule has 1 aliphatic rings. The van der Waals surface area contributed by atoms with E-state index in [1.165, 1.54) is 0 Å². The number of ether oxygens (including phenoxy) is 2. The number of nitrogens with zero attached hydrogens (tertiary/aromatic N) is 2. The lowest BCUT2D eigenvalue weighted by Gasteiger charge is -2.38. The van der Waals surface area contributed by atoms with Crippen molar-refractivity contribution >= 4 is 22.0 Å². The number of morpholine rings is 1. The zero-order chi connectivity index (χ0) is 17.0. The van der Waals surface area contributed by atoms with E-state index in [4.69, 9.17) is 9.47 Å². The number of carbonyl (C=O) groups excluding carboxylic acids is 1. The van der Waals surface area contributed by atoms with Crippen LogP contribution in [0.1, 0.15) is 26.3 Å². The Balaban J connectivity index is 2.06. The average molecular weight is 387 g/mol. The van der Waals surface area contributed by atoms with E-state index in [1.54, 1.807) is 17.3 Å². The van der Waals surface area contributed by atoms with E-state index in [0.717, 1.165) is 10.0 Å². The van der Waals surface area contributed by atoms with Gasteiger partial charge in [0.05, 0.1) is 25.4 Å². The van der Waals surface area contributed by atoms with Crippen molar-refractivity contribution < 1.29 is 19.4 Å². The molecular weight excluding hydrogens is 364 g/mol. The molecule has 1 N–H and O–H groups in total. The highest BCUT2D eigenvalue weighted by Gasteiger charge is 2.35. The van der Waals surface area contributed by atoms with Crippen LogP contribution >= 0.6 is 15.9 Å². The van der Waals surface area contributed by atoms with Crippen LogP contribution in [0.3, 0.4) is 0 Å².